The number of nitrogens with zero attached hydrogens (tertiary/aromatic N) is 1. The van der Waals surface area contributed by atoms with Crippen molar-refractivity contribution in [2.24, 2.45) is 0 Å². The Bertz CT molecular complexity index is 644. The molecular weight excluding hydrogens is 343 g/mol. The van der Waals surface area contributed by atoms with E-state index >= 15 is 0 Å². The van der Waals surface area contributed by atoms with Crippen molar-refractivity contribution in [3.05, 3.63) is 35.4 Å². The molecule has 4 nitrogen and oxygen atoms in total. The van der Waals surface area contributed by atoms with E-state index in [2.05, 4.69) is 0 Å². The molecule has 0 aliphatic carbocycles. The molecule has 0 bridgehead atoms. The van der Waals surface area contributed by atoms with Crippen LogP contribution in [-0.4, -0.2) is 55.3 Å². The molecule has 1 N–H and O–H groups in total. The quantitative estimate of drug-likeness (QED) is 0.870. The molecule has 0 amide bonds. The summed E-state index contributed by atoms with van der Waals surface area (Å²) < 4.78 is 61.6. The van der Waals surface area contributed by atoms with Crippen LogP contribution in [-0.2, 0) is 16.4 Å². The second kappa shape index (κ2) is 7.41. The van der Waals surface area contributed by atoms with Crippen LogP contribution in [0, 0.1) is 0 Å². The molecule has 0 saturated carbocycles. The second-order valence-corrected chi connectivity index (χ2v) is 8.48. The predicted molar refractivity (Wildman–Crippen MR) is 85.5 cm³/mol. The van der Waals surface area contributed by atoms with Crippen molar-refractivity contribution in [1.82, 2.24) is 4.90 Å². The van der Waals surface area contributed by atoms with Crippen molar-refractivity contribution >= 4 is 9.84 Å². The molecule has 1 heterocycles. The number of alkyl halides is 3. The highest BCUT2D eigenvalue weighted by Crippen LogP contribution is 2.34. The summed E-state index contributed by atoms with van der Waals surface area (Å²) in [5.41, 5.74) is 1.04. The number of aliphatic hydroxyl groups is 1. The first-order valence-electron chi connectivity index (χ1n) is 7.83. The Balaban J connectivity index is 2.07. The molecule has 0 spiro atoms. The van der Waals surface area contributed by atoms with Crippen molar-refractivity contribution in [1.29, 1.82) is 0 Å². The summed E-state index contributed by atoms with van der Waals surface area (Å²) >= 11 is 0. The van der Waals surface area contributed by atoms with Gasteiger partial charge in [0.05, 0.1) is 17.4 Å². The Kier molecular flexibility index (Phi) is 5.93. The second-order valence-electron chi connectivity index (χ2n) is 6.26. The Hall–Kier alpha value is -1.12. The summed E-state index contributed by atoms with van der Waals surface area (Å²) in [6, 6.07) is 5.97. The third kappa shape index (κ3) is 4.94. The summed E-state index contributed by atoms with van der Waals surface area (Å²) in [5, 5.41) is 9.12. The van der Waals surface area contributed by atoms with Gasteiger partial charge in [0.25, 0.3) is 0 Å². The zero-order valence-electron chi connectivity index (χ0n) is 13.5. The van der Waals surface area contributed by atoms with E-state index in [1.165, 1.54) is 12.1 Å². The van der Waals surface area contributed by atoms with Crippen LogP contribution in [0.5, 0.6) is 0 Å². The van der Waals surface area contributed by atoms with Crippen molar-refractivity contribution < 1.29 is 26.7 Å². The van der Waals surface area contributed by atoms with E-state index in [0.29, 0.717) is 19.5 Å². The average Bonchev–Trinajstić information content (AvgIpc) is 2.49. The molecule has 136 valence electrons. The molecule has 1 aliphatic heterocycles. The van der Waals surface area contributed by atoms with E-state index in [-0.39, 0.29) is 29.7 Å². The topological polar surface area (TPSA) is 57.6 Å². The molecule has 2 rings (SSSR count). The molecule has 1 aromatic rings. The van der Waals surface area contributed by atoms with Gasteiger partial charge in [-0.2, -0.15) is 13.2 Å². The minimum Gasteiger partial charge on any atom is -0.396 e. The molecule has 1 aromatic carbocycles. The van der Waals surface area contributed by atoms with Gasteiger partial charge in [0.1, 0.15) is 0 Å². The molecule has 0 aromatic heterocycles. The maximum atomic E-state index is 12.7. The molecule has 0 radical (unpaired) electrons. The molecule has 2 unspecified atom stereocenters. The first kappa shape index (κ1) is 19.2. The fourth-order valence-corrected chi connectivity index (χ4v) is 4.52. The Labute approximate surface area is 140 Å². The largest absolute Gasteiger partial charge is 0.396 e. The van der Waals surface area contributed by atoms with Crippen LogP contribution in [0.15, 0.2) is 24.3 Å². The van der Waals surface area contributed by atoms with Crippen LogP contribution < -0.4 is 0 Å². The van der Waals surface area contributed by atoms with Gasteiger partial charge in [0.15, 0.2) is 9.84 Å². The fraction of sp³-hybridized carbons (Fsp3) is 0.625. The zero-order valence-corrected chi connectivity index (χ0v) is 14.3. The summed E-state index contributed by atoms with van der Waals surface area (Å²) in [6.45, 7) is 1.86. The summed E-state index contributed by atoms with van der Waals surface area (Å²) in [6.07, 6.45) is -3.91. The SMILES string of the molecule is CC(c1ccc(CN2CCS(=O)(=O)CC2CCO)cc1)C(F)(F)F. The van der Waals surface area contributed by atoms with Crippen molar-refractivity contribution in [3.63, 3.8) is 0 Å². The lowest BCUT2D eigenvalue weighted by Gasteiger charge is -2.35. The van der Waals surface area contributed by atoms with Gasteiger partial charge in [-0.05, 0) is 24.5 Å². The lowest BCUT2D eigenvalue weighted by molar-refractivity contribution is -0.146. The first-order chi connectivity index (χ1) is 11.1. The number of hydrogen-bond acceptors (Lipinski definition) is 4. The van der Waals surface area contributed by atoms with Gasteiger partial charge in [-0.15, -0.1) is 0 Å². The van der Waals surface area contributed by atoms with Gasteiger partial charge in [-0.3, -0.25) is 4.90 Å². The number of rotatable bonds is 5. The minimum atomic E-state index is -4.27. The van der Waals surface area contributed by atoms with E-state index in [4.69, 9.17) is 5.11 Å². The Morgan fingerprint density at radius 3 is 2.46 bits per heavy atom. The van der Waals surface area contributed by atoms with Gasteiger partial charge in [-0.1, -0.05) is 24.3 Å². The van der Waals surface area contributed by atoms with E-state index in [0.717, 1.165) is 12.5 Å². The number of halogens is 3. The maximum Gasteiger partial charge on any atom is 0.395 e. The molecule has 1 aliphatic rings. The number of benzene rings is 1. The van der Waals surface area contributed by atoms with Crippen molar-refractivity contribution in [2.75, 3.05) is 24.7 Å². The molecule has 24 heavy (non-hydrogen) atoms. The van der Waals surface area contributed by atoms with E-state index < -0.39 is 21.9 Å². The van der Waals surface area contributed by atoms with E-state index in [9.17, 15) is 21.6 Å². The van der Waals surface area contributed by atoms with Crippen LogP contribution in [0.1, 0.15) is 30.4 Å². The smallest absolute Gasteiger partial charge is 0.395 e. The first-order valence-corrected chi connectivity index (χ1v) is 9.65. The van der Waals surface area contributed by atoms with Crippen molar-refractivity contribution in [2.45, 2.75) is 38.0 Å². The van der Waals surface area contributed by atoms with Gasteiger partial charge in [-0.25, -0.2) is 8.42 Å². The third-order valence-electron chi connectivity index (χ3n) is 4.47. The fourth-order valence-electron chi connectivity index (χ4n) is 2.88. The van der Waals surface area contributed by atoms with Gasteiger partial charge in [0.2, 0.25) is 0 Å². The Morgan fingerprint density at radius 1 is 1.29 bits per heavy atom. The van der Waals surface area contributed by atoms with Gasteiger partial charge >= 0.3 is 6.18 Å². The van der Waals surface area contributed by atoms with E-state index in [1.54, 1.807) is 12.1 Å². The molecule has 1 saturated heterocycles. The predicted octanol–water partition coefficient (Wildman–Crippen LogP) is 2.33. The van der Waals surface area contributed by atoms with Crippen LogP contribution in [0.25, 0.3) is 0 Å². The van der Waals surface area contributed by atoms with Crippen LogP contribution >= 0.6 is 0 Å². The number of hydrogen-bond donors (Lipinski definition) is 1. The molecule has 2 atom stereocenters. The average molecular weight is 365 g/mol. The van der Waals surface area contributed by atoms with E-state index in [1.807, 2.05) is 4.90 Å². The standard InChI is InChI=1S/C16H22F3NO3S/c1-12(16(17,18)19)14-4-2-13(3-5-14)10-20-7-9-24(22,23)11-15(20)6-8-21/h2-5,12,15,21H,6-11H2,1H3. The number of aliphatic hydroxyl groups excluding tert-OH is 1. The molecule has 8 heteroatoms. The number of sulfone groups is 1. The maximum absolute atomic E-state index is 12.7. The highest BCUT2D eigenvalue weighted by molar-refractivity contribution is 7.91. The van der Waals surface area contributed by atoms with Crippen LogP contribution in [0.4, 0.5) is 13.2 Å². The summed E-state index contributed by atoms with van der Waals surface area (Å²) in [5.74, 6) is -1.44. The van der Waals surface area contributed by atoms with Gasteiger partial charge in [0, 0.05) is 25.7 Å². The highest BCUT2D eigenvalue weighted by Gasteiger charge is 2.37. The lowest BCUT2D eigenvalue weighted by Crippen LogP contribution is -2.48. The van der Waals surface area contributed by atoms with Crippen LogP contribution in [0.3, 0.4) is 0 Å². The zero-order chi connectivity index (χ0) is 18.0. The van der Waals surface area contributed by atoms with Crippen LogP contribution in [0.2, 0.25) is 0 Å². The Morgan fingerprint density at radius 2 is 1.92 bits per heavy atom. The highest BCUT2D eigenvalue weighted by atomic mass is 32.2. The molecule has 1 fully saturated rings. The summed E-state index contributed by atoms with van der Waals surface area (Å²) in [4.78, 5) is 1.97. The lowest BCUT2D eigenvalue weighted by atomic mass is 9.99. The monoisotopic (exact) mass is 365 g/mol. The normalized spacial score (nSPS) is 23.1. The third-order valence-corrected chi connectivity index (χ3v) is 6.17. The minimum absolute atomic E-state index is 0.0107. The summed E-state index contributed by atoms with van der Waals surface area (Å²) in [7, 11) is -3.09. The van der Waals surface area contributed by atoms with Gasteiger partial charge < -0.3 is 5.11 Å². The molecular formula is C16H22F3NO3S. The van der Waals surface area contributed by atoms with Crippen molar-refractivity contribution in [3.8, 4) is 0 Å².